The molecule has 0 aliphatic carbocycles. The first kappa shape index (κ1) is 15.8. The minimum absolute atomic E-state index is 0.158. The second-order valence-electron chi connectivity index (χ2n) is 5.44. The van der Waals surface area contributed by atoms with Crippen LogP contribution in [0.1, 0.15) is 11.1 Å². The van der Waals surface area contributed by atoms with E-state index in [1.54, 1.807) is 0 Å². The highest BCUT2D eigenvalue weighted by atomic mass is 16.5. The molecule has 1 amide bonds. The third-order valence-corrected chi connectivity index (χ3v) is 3.75. The summed E-state index contributed by atoms with van der Waals surface area (Å²) >= 11 is 0. The molecule has 121 valence electrons. The van der Waals surface area contributed by atoms with Crippen molar-refractivity contribution in [3.8, 4) is 0 Å². The molecule has 0 aliphatic heterocycles. The van der Waals surface area contributed by atoms with E-state index >= 15 is 0 Å². The Bertz CT molecular complexity index is 827. The lowest BCUT2D eigenvalue weighted by atomic mass is 10.1. The Morgan fingerprint density at radius 1 is 1.12 bits per heavy atom. The number of aromatic nitrogens is 1. The molecule has 1 atom stereocenters. The van der Waals surface area contributed by atoms with E-state index in [0.717, 1.165) is 22.0 Å². The number of benzene rings is 2. The molecule has 0 spiro atoms. The van der Waals surface area contributed by atoms with Crippen LogP contribution < -0.4 is 5.32 Å². The zero-order valence-corrected chi connectivity index (χ0v) is 13.0. The molecular weight excluding hydrogens is 304 g/mol. The minimum atomic E-state index is -0.757. The summed E-state index contributed by atoms with van der Waals surface area (Å²) in [5.74, 6) is 0. The van der Waals surface area contributed by atoms with Gasteiger partial charge in [0.15, 0.2) is 0 Å². The average molecular weight is 321 g/mol. The number of para-hydroxylation sites is 1. The number of H-pyrrole nitrogens is 1. The highest BCUT2D eigenvalue weighted by molar-refractivity contribution is 5.84. The van der Waals surface area contributed by atoms with Crippen LogP contribution in [0.3, 0.4) is 0 Å². The maximum Gasteiger partial charge on any atom is 0.408 e. The molecule has 3 aromatic rings. The van der Waals surface area contributed by atoms with Crippen LogP contribution in [0.25, 0.3) is 10.9 Å². The van der Waals surface area contributed by atoms with E-state index in [0.29, 0.717) is 6.42 Å². The van der Waals surface area contributed by atoms with Crippen LogP contribution in [0.4, 0.5) is 4.79 Å². The predicted molar refractivity (Wildman–Crippen MR) is 91.2 cm³/mol. The van der Waals surface area contributed by atoms with Crippen LogP contribution in [0, 0.1) is 0 Å². The molecule has 2 N–H and O–H groups in total. The molecular formula is C19H17N2O3. The van der Waals surface area contributed by atoms with Crippen molar-refractivity contribution in [1.82, 2.24) is 10.3 Å². The molecule has 1 radical (unpaired) electrons. The number of carbonyl (C=O) groups is 1. The second kappa shape index (κ2) is 7.46. The van der Waals surface area contributed by atoms with Crippen molar-refractivity contribution in [3.63, 3.8) is 0 Å². The first-order chi connectivity index (χ1) is 11.8. The van der Waals surface area contributed by atoms with Crippen LogP contribution in [0.2, 0.25) is 0 Å². The van der Waals surface area contributed by atoms with Crippen molar-refractivity contribution >= 4 is 23.3 Å². The van der Waals surface area contributed by atoms with Crippen molar-refractivity contribution in [2.75, 3.05) is 0 Å². The zero-order valence-electron chi connectivity index (χ0n) is 13.0. The summed E-state index contributed by atoms with van der Waals surface area (Å²) in [6.07, 6.45) is 3.42. The Balaban J connectivity index is 1.58. The lowest BCUT2D eigenvalue weighted by molar-refractivity contribution is 0.138. The predicted octanol–water partition coefficient (Wildman–Crippen LogP) is 3.12. The van der Waals surface area contributed by atoms with E-state index < -0.39 is 12.1 Å². The first-order valence-corrected chi connectivity index (χ1v) is 7.66. The molecule has 24 heavy (non-hydrogen) atoms. The van der Waals surface area contributed by atoms with Gasteiger partial charge in [-0.3, -0.25) is 4.79 Å². The molecule has 1 aromatic heterocycles. The molecule has 0 fully saturated rings. The summed E-state index contributed by atoms with van der Waals surface area (Å²) in [7, 11) is 0. The number of nitrogens with one attached hydrogen (secondary N) is 2. The van der Waals surface area contributed by atoms with E-state index in [1.165, 1.54) is 0 Å². The van der Waals surface area contributed by atoms with Gasteiger partial charge in [0.2, 0.25) is 6.29 Å². The summed E-state index contributed by atoms with van der Waals surface area (Å²) in [5.41, 5.74) is 2.82. The van der Waals surface area contributed by atoms with E-state index in [1.807, 2.05) is 67.1 Å². The van der Waals surface area contributed by atoms with Gasteiger partial charge in [0.25, 0.3) is 0 Å². The monoisotopic (exact) mass is 321 g/mol. The van der Waals surface area contributed by atoms with Crippen LogP contribution in [-0.2, 0) is 22.6 Å². The SMILES string of the molecule is O=[C][C@H](Cc1c[nH]c2ccccc12)NC(=O)OCc1ccccc1. The van der Waals surface area contributed by atoms with E-state index in [-0.39, 0.29) is 6.61 Å². The molecule has 0 aliphatic rings. The van der Waals surface area contributed by atoms with Crippen LogP contribution in [0.15, 0.2) is 60.8 Å². The van der Waals surface area contributed by atoms with Crippen molar-refractivity contribution in [3.05, 3.63) is 71.9 Å². The van der Waals surface area contributed by atoms with Gasteiger partial charge in [0.1, 0.15) is 12.6 Å². The summed E-state index contributed by atoms with van der Waals surface area (Å²) in [5, 5.41) is 3.57. The van der Waals surface area contributed by atoms with Gasteiger partial charge in [-0.25, -0.2) is 4.79 Å². The molecule has 2 aromatic carbocycles. The van der Waals surface area contributed by atoms with Gasteiger partial charge in [0.05, 0.1) is 0 Å². The number of hydrogen-bond acceptors (Lipinski definition) is 3. The molecule has 0 bridgehead atoms. The Kier molecular flexibility index (Phi) is 4.91. The number of carbonyl (C=O) groups excluding carboxylic acids is 2. The minimum Gasteiger partial charge on any atom is -0.445 e. The second-order valence-corrected chi connectivity index (χ2v) is 5.44. The van der Waals surface area contributed by atoms with Gasteiger partial charge < -0.3 is 15.0 Å². The van der Waals surface area contributed by atoms with Crippen molar-refractivity contribution in [1.29, 1.82) is 0 Å². The van der Waals surface area contributed by atoms with Crippen molar-refractivity contribution < 1.29 is 14.3 Å². The fourth-order valence-corrected chi connectivity index (χ4v) is 2.55. The Labute approximate surface area is 139 Å². The van der Waals surface area contributed by atoms with Gasteiger partial charge >= 0.3 is 6.09 Å². The number of amides is 1. The Morgan fingerprint density at radius 3 is 2.67 bits per heavy atom. The molecule has 5 heteroatoms. The van der Waals surface area contributed by atoms with Gasteiger partial charge in [-0.15, -0.1) is 0 Å². The number of ether oxygens (including phenoxy) is 1. The Hall–Kier alpha value is -3.08. The topological polar surface area (TPSA) is 71.2 Å². The number of aromatic amines is 1. The molecule has 3 rings (SSSR count). The number of rotatable bonds is 6. The molecule has 0 saturated heterocycles. The Morgan fingerprint density at radius 2 is 1.88 bits per heavy atom. The number of fused-ring (bicyclic) bond motifs is 1. The molecule has 0 saturated carbocycles. The highest BCUT2D eigenvalue weighted by Crippen LogP contribution is 2.18. The van der Waals surface area contributed by atoms with Crippen molar-refractivity contribution in [2.45, 2.75) is 19.1 Å². The normalized spacial score (nSPS) is 11.8. The fraction of sp³-hybridized carbons (Fsp3) is 0.158. The van der Waals surface area contributed by atoms with Crippen LogP contribution in [-0.4, -0.2) is 23.4 Å². The third-order valence-electron chi connectivity index (χ3n) is 3.75. The molecule has 1 heterocycles. The van der Waals surface area contributed by atoms with Crippen LogP contribution in [0.5, 0.6) is 0 Å². The lowest BCUT2D eigenvalue weighted by Crippen LogP contribution is -2.37. The smallest absolute Gasteiger partial charge is 0.408 e. The fourth-order valence-electron chi connectivity index (χ4n) is 2.55. The van der Waals surface area contributed by atoms with E-state index in [4.69, 9.17) is 4.74 Å². The standard InChI is InChI=1S/C19H17N2O3/c22-12-16(10-15-11-20-18-9-5-4-8-17(15)18)21-19(23)24-13-14-6-2-1-3-7-14/h1-9,11,16,20H,10,13H2,(H,21,23)/t16-/m0/s1. The highest BCUT2D eigenvalue weighted by Gasteiger charge is 2.16. The lowest BCUT2D eigenvalue weighted by Gasteiger charge is -2.12. The van der Waals surface area contributed by atoms with Crippen LogP contribution >= 0.6 is 0 Å². The maximum absolute atomic E-state index is 11.9. The van der Waals surface area contributed by atoms with E-state index in [9.17, 15) is 9.59 Å². The number of hydrogen-bond donors (Lipinski definition) is 2. The largest absolute Gasteiger partial charge is 0.445 e. The average Bonchev–Trinajstić information content (AvgIpc) is 3.03. The summed E-state index contributed by atoms with van der Waals surface area (Å²) < 4.78 is 5.13. The van der Waals surface area contributed by atoms with Gasteiger partial charge in [0, 0.05) is 23.5 Å². The number of alkyl carbamates (subject to hydrolysis) is 1. The maximum atomic E-state index is 11.9. The summed E-state index contributed by atoms with van der Waals surface area (Å²) in [4.78, 5) is 26.2. The van der Waals surface area contributed by atoms with Crippen molar-refractivity contribution in [2.24, 2.45) is 0 Å². The molecule has 0 unspecified atom stereocenters. The first-order valence-electron chi connectivity index (χ1n) is 7.66. The van der Waals surface area contributed by atoms with E-state index in [2.05, 4.69) is 10.3 Å². The summed E-state index contributed by atoms with van der Waals surface area (Å²) in [6, 6.07) is 16.4. The van der Waals surface area contributed by atoms with Gasteiger partial charge in [-0.2, -0.15) is 0 Å². The third kappa shape index (κ3) is 3.81. The van der Waals surface area contributed by atoms with Gasteiger partial charge in [-0.1, -0.05) is 48.5 Å². The zero-order chi connectivity index (χ0) is 16.8. The molecule has 5 nitrogen and oxygen atoms in total. The summed E-state index contributed by atoms with van der Waals surface area (Å²) in [6.45, 7) is 0.158. The van der Waals surface area contributed by atoms with Gasteiger partial charge in [-0.05, 0) is 17.2 Å². The quantitative estimate of drug-likeness (QED) is 0.733.